The van der Waals surface area contributed by atoms with Gasteiger partial charge in [-0.2, -0.15) is 0 Å². The third-order valence-electron chi connectivity index (χ3n) is 3.55. The van der Waals surface area contributed by atoms with Gasteiger partial charge in [0.25, 0.3) is 0 Å². The molecule has 1 N–H and O–H groups in total. The normalized spacial score (nSPS) is 25.7. The first-order chi connectivity index (χ1) is 8.69. The number of hydrogen-bond acceptors (Lipinski definition) is 3. The van der Waals surface area contributed by atoms with E-state index in [0.717, 1.165) is 30.0 Å². The first kappa shape index (κ1) is 13.5. The van der Waals surface area contributed by atoms with Gasteiger partial charge in [0.2, 0.25) is 0 Å². The number of hydrogen-bond donors (Lipinski definition) is 1. The van der Waals surface area contributed by atoms with E-state index in [1.54, 1.807) is 0 Å². The first-order valence-corrected chi connectivity index (χ1v) is 8.13. The molecule has 0 aromatic carbocycles. The summed E-state index contributed by atoms with van der Waals surface area (Å²) in [7, 11) is -0.649. The van der Waals surface area contributed by atoms with Crippen LogP contribution >= 0.6 is 0 Å². The van der Waals surface area contributed by atoms with Crippen molar-refractivity contribution in [3.05, 3.63) is 24.0 Å². The number of nitrogens with zero attached hydrogens (tertiary/aromatic N) is 1. The lowest BCUT2D eigenvalue weighted by Crippen LogP contribution is -2.33. The van der Waals surface area contributed by atoms with Gasteiger partial charge in [0.15, 0.2) is 0 Å². The average Bonchev–Trinajstić information content (AvgIpc) is 2.38. The third-order valence-corrected chi connectivity index (χ3v) is 5.29. The molecular formula is C14H22N2OS. The van der Waals surface area contributed by atoms with Gasteiger partial charge in [-0.15, -0.1) is 0 Å². The molecule has 0 saturated heterocycles. The molecule has 1 aliphatic rings. The van der Waals surface area contributed by atoms with Crippen molar-refractivity contribution in [3.8, 4) is 0 Å². The number of anilines is 1. The molecule has 3 atom stereocenters. The molecule has 1 fully saturated rings. The Morgan fingerprint density at radius 1 is 1.50 bits per heavy atom. The summed E-state index contributed by atoms with van der Waals surface area (Å²) in [6.07, 6.45) is 6.34. The Hall–Kier alpha value is -0.900. The Balaban J connectivity index is 1.95. The summed E-state index contributed by atoms with van der Waals surface area (Å²) in [4.78, 5) is 4.20. The van der Waals surface area contributed by atoms with Crippen molar-refractivity contribution >= 4 is 16.5 Å². The van der Waals surface area contributed by atoms with Crippen LogP contribution in [0.25, 0.3) is 0 Å². The molecule has 1 aromatic rings. The second-order valence-electron chi connectivity index (χ2n) is 4.99. The number of aromatic nitrogens is 1. The van der Waals surface area contributed by atoms with Gasteiger partial charge in [0.1, 0.15) is 0 Å². The van der Waals surface area contributed by atoms with Crippen LogP contribution < -0.4 is 5.32 Å². The van der Waals surface area contributed by atoms with Crippen molar-refractivity contribution < 1.29 is 4.21 Å². The zero-order valence-corrected chi connectivity index (χ0v) is 12.0. The predicted molar refractivity (Wildman–Crippen MR) is 77.3 cm³/mol. The number of nitrogens with one attached hydrogen (secondary N) is 1. The molecule has 0 amide bonds. The molecule has 0 radical (unpaired) electrons. The summed E-state index contributed by atoms with van der Waals surface area (Å²) in [5.41, 5.74) is 2.17. The minimum absolute atomic E-state index is 0.379. The van der Waals surface area contributed by atoms with Crippen LogP contribution in [0.2, 0.25) is 0 Å². The highest BCUT2D eigenvalue weighted by Gasteiger charge is 2.25. The van der Waals surface area contributed by atoms with E-state index in [4.69, 9.17) is 0 Å². The highest BCUT2D eigenvalue weighted by molar-refractivity contribution is 7.85. The van der Waals surface area contributed by atoms with Crippen LogP contribution in [0.5, 0.6) is 0 Å². The van der Waals surface area contributed by atoms with E-state index in [-0.39, 0.29) is 0 Å². The standard InChI is InChI=1S/C14H22N2OS/c1-3-18(17)14-6-4-5-12(10-14)16-13-7-8-15-11(2)9-13/h7-9,12,14H,3-6,10H2,1-2H3,(H,15,16). The van der Waals surface area contributed by atoms with Crippen molar-refractivity contribution in [2.75, 3.05) is 11.1 Å². The maximum atomic E-state index is 11.9. The molecular weight excluding hydrogens is 244 g/mol. The number of rotatable bonds is 4. The molecule has 1 aromatic heterocycles. The molecule has 3 unspecified atom stereocenters. The van der Waals surface area contributed by atoms with E-state index in [0.29, 0.717) is 11.3 Å². The summed E-state index contributed by atoms with van der Waals surface area (Å²) < 4.78 is 11.9. The lowest BCUT2D eigenvalue weighted by atomic mass is 9.95. The molecule has 0 spiro atoms. The number of aryl methyl sites for hydroxylation is 1. The second-order valence-corrected chi connectivity index (χ2v) is 6.99. The predicted octanol–water partition coefficient (Wildman–Crippen LogP) is 2.88. The molecule has 1 aliphatic carbocycles. The maximum absolute atomic E-state index is 11.9. The Morgan fingerprint density at radius 2 is 2.33 bits per heavy atom. The molecule has 4 heteroatoms. The fourth-order valence-electron chi connectivity index (χ4n) is 2.62. The molecule has 1 heterocycles. The lowest BCUT2D eigenvalue weighted by Gasteiger charge is -2.29. The van der Waals surface area contributed by atoms with Crippen LogP contribution in [0.3, 0.4) is 0 Å². The highest BCUT2D eigenvalue weighted by atomic mass is 32.2. The quantitative estimate of drug-likeness (QED) is 0.911. The van der Waals surface area contributed by atoms with Crippen molar-refractivity contribution in [3.63, 3.8) is 0 Å². The monoisotopic (exact) mass is 266 g/mol. The molecule has 0 bridgehead atoms. The summed E-state index contributed by atoms with van der Waals surface area (Å²) in [6.45, 7) is 4.01. The fraction of sp³-hybridized carbons (Fsp3) is 0.643. The van der Waals surface area contributed by atoms with E-state index in [1.165, 1.54) is 12.8 Å². The molecule has 0 aliphatic heterocycles. The highest BCUT2D eigenvalue weighted by Crippen LogP contribution is 2.25. The van der Waals surface area contributed by atoms with Gasteiger partial charge in [0.05, 0.1) is 0 Å². The lowest BCUT2D eigenvalue weighted by molar-refractivity contribution is 0.465. The van der Waals surface area contributed by atoms with Gasteiger partial charge in [-0.1, -0.05) is 13.3 Å². The Kier molecular flexibility index (Phi) is 4.75. The van der Waals surface area contributed by atoms with Crippen LogP contribution in [-0.2, 0) is 10.8 Å². The van der Waals surface area contributed by atoms with Crippen LogP contribution in [0, 0.1) is 6.92 Å². The van der Waals surface area contributed by atoms with E-state index >= 15 is 0 Å². The molecule has 100 valence electrons. The van der Waals surface area contributed by atoms with Crippen molar-refractivity contribution in [1.29, 1.82) is 0 Å². The van der Waals surface area contributed by atoms with Crippen molar-refractivity contribution in [1.82, 2.24) is 4.98 Å². The Labute approximate surface area is 112 Å². The van der Waals surface area contributed by atoms with Gasteiger partial charge in [-0.25, -0.2) is 0 Å². The Morgan fingerprint density at radius 3 is 3.06 bits per heavy atom. The maximum Gasteiger partial charge on any atom is 0.0393 e. The number of pyridine rings is 1. The van der Waals surface area contributed by atoms with E-state index in [2.05, 4.69) is 16.4 Å². The molecule has 3 nitrogen and oxygen atoms in total. The average molecular weight is 266 g/mol. The van der Waals surface area contributed by atoms with E-state index in [1.807, 2.05) is 26.1 Å². The SMILES string of the molecule is CCS(=O)C1CCCC(Nc2ccnc(C)c2)C1. The smallest absolute Gasteiger partial charge is 0.0393 e. The summed E-state index contributed by atoms with van der Waals surface area (Å²) >= 11 is 0. The summed E-state index contributed by atoms with van der Waals surface area (Å²) in [5, 5.41) is 3.94. The second kappa shape index (κ2) is 6.32. The van der Waals surface area contributed by atoms with Crippen LogP contribution in [0.1, 0.15) is 38.3 Å². The largest absolute Gasteiger partial charge is 0.382 e. The van der Waals surface area contributed by atoms with E-state index < -0.39 is 10.8 Å². The summed E-state index contributed by atoms with van der Waals surface area (Å²) in [6, 6.07) is 4.54. The van der Waals surface area contributed by atoms with Crippen LogP contribution in [-0.4, -0.2) is 26.2 Å². The first-order valence-electron chi connectivity index (χ1n) is 6.75. The zero-order valence-electron chi connectivity index (χ0n) is 11.2. The summed E-state index contributed by atoms with van der Waals surface area (Å²) in [5.74, 6) is 0.783. The topological polar surface area (TPSA) is 42.0 Å². The van der Waals surface area contributed by atoms with Crippen LogP contribution in [0.15, 0.2) is 18.3 Å². The van der Waals surface area contributed by atoms with Gasteiger partial charge in [-0.3, -0.25) is 9.19 Å². The zero-order chi connectivity index (χ0) is 13.0. The van der Waals surface area contributed by atoms with Crippen LogP contribution in [0.4, 0.5) is 5.69 Å². The minimum atomic E-state index is -0.649. The van der Waals surface area contributed by atoms with Crippen molar-refractivity contribution in [2.24, 2.45) is 0 Å². The third kappa shape index (κ3) is 3.55. The van der Waals surface area contributed by atoms with Crippen molar-refractivity contribution in [2.45, 2.75) is 50.8 Å². The van der Waals surface area contributed by atoms with Gasteiger partial charge in [-0.05, 0) is 38.3 Å². The van der Waals surface area contributed by atoms with Gasteiger partial charge < -0.3 is 5.32 Å². The molecule has 2 rings (SSSR count). The van der Waals surface area contributed by atoms with E-state index in [9.17, 15) is 4.21 Å². The fourth-order valence-corrected chi connectivity index (χ4v) is 3.97. The minimum Gasteiger partial charge on any atom is -0.382 e. The van der Waals surface area contributed by atoms with Gasteiger partial charge >= 0.3 is 0 Å². The molecule has 1 saturated carbocycles. The molecule has 18 heavy (non-hydrogen) atoms. The van der Waals surface area contributed by atoms with Gasteiger partial charge in [0, 0.05) is 45.4 Å². The Bertz CT molecular complexity index is 422.